The van der Waals surface area contributed by atoms with Crippen LogP contribution >= 0.6 is 0 Å². The minimum Gasteiger partial charge on any atom is -0.449 e. The molecule has 4 aliphatic carbocycles. The van der Waals surface area contributed by atoms with Gasteiger partial charge in [-0.1, -0.05) is 74.5 Å². The number of esters is 1. The zero-order valence-electron chi connectivity index (χ0n) is 18.3. The molecule has 0 heterocycles. The van der Waals surface area contributed by atoms with E-state index in [0.717, 1.165) is 32.1 Å². The summed E-state index contributed by atoms with van der Waals surface area (Å²) in [6, 6.07) is 18.2. The van der Waals surface area contributed by atoms with E-state index in [1.165, 1.54) is 0 Å². The van der Waals surface area contributed by atoms with Crippen LogP contribution in [-0.2, 0) is 9.53 Å². The highest BCUT2D eigenvalue weighted by Crippen LogP contribution is 2.71. The third-order valence-electron chi connectivity index (χ3n) is 7.62. The van der Waals surface area contributed by atoms with E-state index in [9.17, 15) is 14.7 Å². The lowest BCUT2D eigenvalue weighted by molar-refractivity contribution is -0.235. The Morgan fingerprint density at radius 1 is 0.806 bits per heavy atom. The first-order valence-electron chi connectivity index (χ1n) is 11.2. The molecule has 31 heavy (non-hydrogen) atoms. The Morgan fingerprint density at radius 2 is 1.35 bits per heavy atom. The Balaban J connectivity index is 1.49. The maximum Gasteiger partial charge on any atom is 0.313 e. The van der Waals surface area contributed by atoms with Crippen LogP contribution in [-0.4, -0.2) is 22.5 Å². The number of ether oxygens (including phenoxy) is 1. The smallest absolute Gasteiger partial charge is 0.313 e. The standard InChI is InChI=1S/C27H30O4/c1-24-13-25(2)15-26(14-24,18-27(30,16-24)17-25)23(29)31-22(20-11-7-4-8-12-20)21(28)19-9-5-3-6-10-19/h3-12,22,30H,13-18H2,1-2H3. The Labute approximate surface area is 183 Å². The molecule has 2 aromatic carbocycles. The molecular formula is C27H30O4. The number of benzene rings is 2. The van der Waals surface area contributed by atoms with Crippen molar-refractivity contribution in [2.45, 2.75) is 64.1 Å². The number of ketones is 1. The van der Waals surface area contributed by atoms with E-state index in [4.69, 9.17) is 4.74 Å². The molecule has 4 bridgehead atoms. The summed E-state index contributed by atoms with van der Waals surface area (Å²) in [5.74, 6) is -0.554. The van der Waals surface area contributed by atoms with Crippen molar-refractivity contribution in [1.82, 2.24) is 0 Å². The van der Waals surface area contributed by atoms with Gasteiger partial charge in [-0.15, -0.1) is 0 Å². The van der Waals surface area contributed by atoms with Crippen LogP contribution in [0.15, 0.2) is 60.7 Å². The van der Waals surface area contributed by atoms with Gasteiger partial charge in [-0.25, -0.2) is 0 Å². The predicted molar refractivity (Wildman–Crippen MR) is 117 cm³/mol. The molecule has 4 heteroatoms. The molecule has 4 nitrogen and oxygen atoms in total. The monoisotopic (exact) mass is 418 g/mol. The van der Waals surface area contributed by atoms with E-state index in [1.807, 2.05) is 48.5 Å². The van der Waals surface area contributed by atoms with Gasteiger partial charge in [-0.05, 0) is 49.4 Å². The highest BCUT2D eigenvalue weighted by Gasteiger charge is 2.68. The molecule has 0 radical (unpaired) electrons. The van der Waals surface area contributed by atoms with Crippen molar-refractivity contribution in [1.29, 1.82) is 0 Å². The van der Waals surface area contributed by atoms with Crippen molar-refractivity contribution < 1.29 is 19.4 Å². The van der Waals surface area contributed by atoms with Crippen molar-refractivity contribution in [3.63, 3.8) is 0 Å². The number of rotatable bonds is 5. The van der Waals surface area contributed by atoms with Crippen LogP contribution < -0.4 is 0 Å². The van der Waals surface area contributed by atoms with E-state index in [0.29, 0.717) is 17.5 Å². The summed E-state index contributed by atoms with van der Waals surface area (Å²) in [4.78, 5) is 27.1. The second-order valence-corrected chi connectivity index (χ2v) is 11.1. The number of carbonyl (C=O) groups excluding carboxylic acids is 2. The minimum absolute atomic E-state index is 0.0665. The van der Waals surface area contributed by atoms with E-state index in [1.54, 1.807) is 12.1 Å². The molecule has 0 aromatic heterocycles. The third-order valence-corrected chi connectivity index (χ3v) is 7.62. The zero-order valence-corrected chi connectivity index (χ0v) is 18.3. The molecule has 0 aliphatic heterocycles. The average Bonchev–Trinajstić information content (AvgIpc) is 2.69. The van der Waals surface area contributed by atoms with E-state index in [2.05, 4.69) is 13.8 Å². The fraction of sp³-hybridized carbons (Fsp3) is 0.481. The SMILES string of the molecule is CC12CC3(C)CC(O)(C1)CC(C(=O)OC(C(=O)c1ccccc1)c1ccccc1)(C2)C3. The molecule has 0 amide bonds. The Morgan fingerprint density at radius 3 is 1.90 bits per heavy atom. The summed E-state index contributed by atoms with van der Waals surface area (Å²) in [7, 11) is 0. The quantitative estimate of drug-likeness (QED) is 0.531. The fourth-order valence-corrected chi connectivity index (χ4v) is 7.74. The number of carbonyl (C=O) groups is 2. The molecule has 4 aliphatic rings. The van der Waals surface area contributed by atoms with Gasteiger partial charge in [-0.3, -0.25) is 9.59 Å². The third kappa shape index (κ3) is 3.51. The van der Waals surface area contributed by atoms with Gasteiger partial charge in [0.05, 0.1) is 11.0 Å². The van der Waals surface area contributed by atoms with Crippen molar-refractivity contribution in [3.05, 3.63) is 71.8 Å². The van der Waals surface area contributed by atoms with Crippen LogP contribution in [0.3, 0.4) is 0 Å². The first-order valence-corrected chi connectivity index (χ1v) is 11.2. The summed E-state index contributed by atoms with van der Waals surface area (Å²) >= 11 is 0. The second-order valence-electron chi connectivity index (χ2n) is 11.1. The molecule has 4 saturated carbocycles. The van der Waals surface area contributed by atoms with Gasteiger partial charge in [0, 0.05) is 11.1 Å². The average molecular weight is 419 g/mol. The van der Waals surface area contributed by atoms with Gasteiger partial charge in [0.15, 0.2) is 6.10 Å². The van der Waals surface area contributed by atoms with Crippen molar-refractivity contribution >= 4 is 11.8 Å². The van der Waals surface area contributed by atoms with Gasteiger partial charge in [0.25, 0.3) is 0 Å². The minimum atomic E-state index is -0.987. The number of Topliss-reactive ketones (excluding diaryl/α,β-unsaturated/α-hetero) is 1. The lowest BCUT2D eigenvalue weighted by Gasteiger charge is -2.66. The first kappa shape index (κ1) is 20.4. The molecule has 0 saturated heterocycles. The normalized spacial score (nSPS) is 36.7. The zero-order chi connectivity index (χ0) is 21.9. The van der Waals surface area contributed by atoms with Crippen molar-refractivity contribution in [2.75, 3.05) is 0 Å². The highest BCUT2D eigenvalue weighted by atomic mass is 16.5. The van der Waals surface area contributed by atoms with Gasteiger partial charge < -0.3 is 9.84 Å². The van der Waals surface area contributed by atoms with Crippen LogP contribution in [0, 0.1) is 16.2 Å². The van der Waals surface area contributed by atoms with Crippen LogP contribution in [0.25, 0.3) is 0 Å². The first-order chi connectivity index (χ1) is 14.6. The lowest BCUT2D eigenvalue weighted by Crippen LogP contribution is -2.65. The number of hydrogen-bond donors (Lipinski definition) is 1. The van der Waals surface area contributed by atoms with Crippen LogP contribution in [0.2, 0.25) is 0 Å². The fourth-order valence-electron chi connectivity index (χ4n) is 7.74. The molecule has 6 rings (SSSR count). The Kier molecular flexibility index (Phi) is 4.46. The molecule has 162 valence electrons. The van der Waals surface area contributed by atoms with Crippen LogP contribution in [0.4, 0.5) is 0 Å². The van der Waals surface area contributed by atoms with Crippen molar-refractivity contribution in [2.24, 2.45) is 16.2 Å². The molecule has 4 fully saturated rings. The summed E-state index contributed by atoms with van der Waals surface area (Å²) in [6.45, 7) is 4.39. The Bertz CT molecular complexity index is 958. The van der Waals surface area contributed by atoms with Crippen LogP contribution in [0.1, 0.15) is 74.4 Å². The van der Waals surface area contributed by atoms with Crippen LogP contribution in [0.5, 0.6) is 0 Å². The topological polar surface area (TPSA) is 63.6 Å². The lowest BCUT2D eigenvalue weighted by atomic mass is 9.39. The predicted octanol–water partition coefficient (Wildman–Crippen LogP) is 5.27. The van der Waals surface area contributed by atoms with Gasteiger partial charge in [0.1, 0.15) is 0 Å². The van der Waals surface area contributed by atoms with E-state index in [-0.39, 0.29) is 22.6 Å². The van der Waals surface area contributed by atoms with Gasteiger partial charge in [-0.2, -0.15) is 0 Å². The van der Waals surface area contributed by atoms with Crippen molar-refractivity contribution in [3.8, 4) is 0 Å². The van der Waals surface area contributed by atoms with Gasteiger partial charge in [0.2, 0.25) is 5.78 Å². The molecule has 0 spiro atoms. The van der Waals surface area contributed by atoms with Gasteiger partial charge >= 0.3 is 5.97 Å². The molecule has 3 atom stereocenters. The molecule has 2 aromatic rings. The summed E-state index contributed by atoms with van der Waals surface area (Å²) in [5, 5.41) is 11.3. The molecule has 3 unspecified atom stereocenters. The number of aliphatic hydroxyl groups is 1. The summed E-state index contributed by atoms with van der Waals surface area (Å²) in [6.07, 6.45) is 3.41. The second kappa shape index (κ2) is 6.77. The van der Waals surface area contributed by atoms with E-state index < -0.39 is 17.1 Å². The largest absolute Gasteiger partial charge is 0.449 e. The number of hydrogen-bond acceptors (Lipinski definition) is 4. The summed E-state index contributed by atoms with van der Waals surface area (Å²) < 4.78 is 6.07. The molecular weight excluding hydrogens is 388 g/mol. The maximum absolute atomic E-state index is 13.8. The molecule has 1 N–H and O–H groups in total. The maximum atomic E-state index is 13.8. The Hall–Kier alpha value is -2.46. The van der Waals surface area contributed by atoms with E-state index >= 15 is 0 Å². The highest BCUT2D eigenvalue weighted by molar-refractivity contribution is 6.01. The summed E-state index contributed by atoms with van der Waals surface area (Å²) in [5.41, 5.74) is -0.482.